The third kappa shape index (κ3) is 2.85. The van der Waals surface area contributed by atoms with Crippen molar-refractivity contribution in [1.82, 2.24) is 5.32 Å². The van der Waals surface area contributed by atoms with E-state index >= 15 is 0 Å². The lowest BCUT2D eigenvalue weighted by Gasteiger charge is -2.20. The average Bonchev–Trinajstić information content (AvgIpc) is 2.96. The number of nitrogens with one attached hydrogen (secondary N) is 1. The minimum absolute atomic E-state index is 0.679. The van der Waals surface area contributed by atoms with Crippen LogP contribution >= 0.6 is 31.9 Å². The van der Waals surface area contributed by atoms with Gasteiger partial charge in [-0.3, -0.25) is 0 Å². The topological polar surface area (TPSA) is 15.3 Å². The van der Waals surface area contributed by atoms with Crippen LogP contribution < -0.4 is 10.2 Å². The van der Waals surface area contributed by atoms with Crippen LogP contribution in [0.25, 0.3) is 0 Å². The Morgan fingerprint density at radius 2 is 1.94 bits per heavy atom. The molecule has 4 heteroatoms. The summed E-state index contributed by atoms with van der Waals surface area (Å²) in [5.74, 6) is 0. The van der Waals surface area contributed by atoms with Crippen molar-refractivity contribution >= 4 is 37.5 Å². The smallest absolute Gasteiger partial charge is 0.0511 e. The highest BCUT2D eigenvalue weighted by Gasteiger charge is 2.29. The second-order valence-corrected chi connectivity index (χ2v) is 6.74. The predicted octanol–water partition coefficient (Wildman–Crippen LogP) is 3.54. The van der Waals surface area contributed by atoms with E-state index in [1.165, 1.54) is 29.4 Å². The molecule has 2 aliphatic rings. The monoisotopic (exact) mass is 358 g/mol. The van der Waals surface area contributed by atoms with Crippen molar-refractivity contribution in [2.45, 2.75) is 31.3 Å². The first-order valence-corrected chi connectivity index (χ1v) is 7.77. The molecule has 1 saturated carbocycles. The van der Waals surface area contributed by atoms with E-state index in [1.54, 1.807) is 0 Å². The normalized spacial score (nSPS) is 24.4. The summed E-state index contributed by atoms with van der Waals surface area (Å²) in [5.41, 5.74) is 1.31. The molecule has 0 radical (unpaired) electrons. The maximum atomic E-state index is 3.72. The van der Waals surface area contributed by atoms with Crippen molar-refractivity contribution in [3.8, 4) is 0 Å². The molecule has 1 aromatic rings. The molecule has 1 atom stereocenters. The molecular weight excluding hydrogens is 344 g/mol. The Kier molecular flexibility index (Phi) is 3.46. The highest BCUT2D eigenvalue weighted by Crippen LogP contribution is 2.32. The van der Waals surface area contributed by atoms with Crippen LogP contribution in [0.4, 0.5) is 5.69 Å². The molecule has 2 fully saturated rings. The molecule has 1 unspecified atom stereocenters. The summed E-state index contributed by atoms with van der Waals surface area (Å²) >= 11 is 7.15. The van der Waals surface area contributed by atoms with E-state index in [0.717, 1.165) is 23.6 Å². The summed E-state index contributed by atoms with van der Waals surface area (Å²) in [7, 11) is 0. The summed E-state index contributed by atoms with van der Waals surface area (Å²) in [4.78, 5) is 2.47. The van der Waals surface area contributed by atoms with Gasteiger partial charge in [0.25, 0.3) is 0 Å². The molecule has 17 heavy (non-hydrogen) atoms. The Labute approximate surface area is 119 Å². The van der Waals surface area contributed by atoms with E-state index in [-0.39, 0.29) is 0 Å². The lowest BCUT2D eigenvalue weighted by atomic mass is 10.2. The fourth-order valence-corrected chi connectivity index (χ4v) is 3.73. The molecular formula is C13H16Br2N2. The molecule has 0 spiro atoms. The third-order valence-corrected chi connectivity index (χ3v) is 4.62. The number of anilines is 1. The molecule has 0 bridgehead atoms. The summed E-state index contributed by atoms with van der Waals surface area (Å²) < 4.78 is 2.30. The third-order valence-electron chi connectivity index (χ3n) is 3.49. The highest BCUT2D eigenvalue weighted by molar-refractivity contribution is 9.11. The van der Waals surface area contributed by atoms with Crippen molar-refractivity contribution < 1.29 is 0 Å². The predicted molar refractivity (Wildman–Crippen MR) is 78.6 cm³/mol. The van der Waals surface area contributed by atoms with Gasteiger partial charge in [0.1, 0.15) is 0 Å². The fourth-order valence-electron chi connectivity index (χ4n) is 2.44. The largest absolute Gasteiger partial charge is 0.369 e. The van der Waals surface area contributed by atoms with Crippen LogP contribution in [-0.2, 0) is 0 Å². The summed E-state index contributed by atoms with van der Waals surface area (Å²) in [6.45, 7) is 2.29. The van der Waals surface area contributed by atoms with Crippen molar-refractivity contribution in [2.24, 2.45) is 0 Å². The highest BCUT2D eigenvalue weighted by atomic mass is 79.9. The van der Waals surface area contributed by atoms with Gasteiger partial charge < -0.3 is 10.2 Å². The number of rotatable bonds is 3. The van der Waals surface area contributed by atoms with Crippen LogP contribution in [-0.4, -0.2) is 25.2 Å². The van der Waals surface area contributed by atoms with Gasteiger partial charge in [0.2, 0.25) is 0 Å². The van der Waals surface area contributed by atoms with Gasteiger partial charge in [0.05, 0.1) is 5.69 Å². The fraction of sp³-hybridized carbons (Fsp3) is 0.538. The lowest BCUT2D eigenvalue weighted by molar-refractivity contribution is 0.548. The number of hydrogen-bond acceptors (Lipinski definition) is 2. The van der Waals surface area contributed by atoms with Gasteiger partial charge in [-0.2, -0.15) is 0 Å². The maximum absolute atomic E-state index is 3.72. The summed E-state index contributed by atoms with van der Waals surface area (Å²) in [5, 5.41) is 3.72. The Bertz CT molecular complexity index is 418. The van der Waals surface area contributed by atoms with Gasteiger partial charge in [-0.05, 0) is 53.4 Å². The van der Waals surface area contributed by atoms with Crippen LogP contribution in [0.1, 0.15) is 19.3 Å². The standard InChI is InChI=1S/C13H16Br2N2/c14-9-1-4-13(12(15)7-9)17-6-5-11(8-17)16-10-2-3-10/h1,4,7,10-11,16H,2-3,5-6,8H2. The van der Waals surface area contributed by atoms with E-state index in [1.807, 2.05) is 0 Å². The second-order valence-electron chi connectivity index (χ2n) is 4.97. The minimum atomic E-state index is 0.679. The average molecular weight is 360 g/mol. The van der Waals surface area contributed by atoms with Gasteiger partial charge in [0.15, 0.2) is 0 Å². The molecule has 3 rings (SSSR count). The molecule has 92 valence electrons. The van der Waals surface area contributed by atoms with Gasteiger partial charge in [-0.25, -0.2) is 0 Å². The minimum Gasteiger partial charge on any atom is -0.369 e. The number of benzene rings is 1. The van der Waals surface area contributed by atoms with Gasteiger partial charge in [-0.15, -0.1) is 0 Å². The molecule has 1 saturated heterocycles. The van der Waals surface area contributed by atoms with E-state index in [9.17, 15) is 0 Å². The zero-order chi connectivity index (χ0) is 11.8. The van der Waals surface area contributed by atoms with Gasteiger partial charge in [0, 0.05) is 34.1 Å². The van der Waals surface area contributed by atoms with E-state index < -0.39 is 0 Å². The molecule has 1 aliphatic carbocycles. The molecule has 0 amide bonds. The van der Waals surface area contributed by atoms with Crippen LogP contribution in [0.15, 0.2) is 27.1 Å². The van der Waals surface area contributed by atoms with Crippen molar-refractivity contribution in [1.29, 1.82) is 0 Å². The maximum Gasteiger partial charge on any atom is 0.0511 e. The van der Waals surface area contributed by atoms with E-state index in [4.69, 9.17) is 0 Å². The van der Waals surface area contributed by atoms with Crippen molar-refractivity contribution in [2.75, 3.05) is 18.0 Å². The second kappa shape index (κ2) is 4.90. The molecule has 1 heterocycles. The first-order valence-electron chi connectivity index (χ1n) is 6.18. The number of hydrogen-bond donors (Lipinski definition) is 1. The van der Waals surface area contributed by atoms with Crippen LogP contribution in [0.5, 0.6) is 0 Å². The van der Waals surface area contributed by atoms with Crippen molar-refractivity contribution in [3.05, 3.63) is 27.1 Å². The lowest BCUT2D eigenvalue weighted by Crippen LogP contribution is -2.34. The number of halogens is 2. The SMILES string of the molecule is Brc1ccc(N2CCC(NC3CC3)C2)c(Br)c1. The van der Waals surface area contributed by atoms with Crippen LogP contribution in [0.3, 0.4) is 0 Å². The first kappa shape index (κ1) is 12.0. The molecule has 1 aromatic carbocycles. The molecule has 1 aliphatic heterocycles. The van der Waals surface area contributed by atoms with Crippen LogP contribution in [0.2, 0.25) is 0 Å². The molecule has 2 nitrogen and oxygen atoms in total. The van der Waals surface area contributed by atoms with E-state index in [2.05, 4.69) is 60.3 Å². The Morgan fingerprint density at radius 1 is 1.12 bits per heavy atom. The Balaban J connectivity index is 1.68. The van der Waals surface area contributed by atoms with Gasteiger partial charge in [-0.1, -0.05) is 15.9 Å². The molecule has 0 aromatic heterocycles. The summed E-state index contributed by atoms with van der Waals surface area (Å²) in [6.07, 6.45) is 4.01. The van der Waals surface area contributed by atoms with Crippen molar-refractivity contribution in [3.63, 3.8) is 0 Å². The zero-order valence-corrected chi connectivity index (χ0v) is 12.8. The summed E-state index contributed by atoms with van der Waals surface area (Å²) in [6, 6.07) is 7.92. The van der Waals surface area contributed by atoms with E-state index in [0.29, 0.717) is 6.04 Å². The Morgan fingerprint density at radius 3 is 2.65 bits per heavy atom. The van der Waals surface area contributed by atoms with Crippen LogP contribution in [0, 0.1) is 0 Å². The zero-order valence-electron chi connectivity index (χ0n) is 9.63. The Hall–Kier alpha value is -0.0600. The quantitative estimate of drug-likeness (QED) is 0.887. The number of nitrogens with zero attached hydrogens (tertiary/aromatic N) is 1. The van der Waals surface area contributed by atoms with Gasteiger partial charge >= 0.3 is 0 Å². The first-order chi connectivity index (χ1) is 8.22. The molecule has 1 N–H and O–H groups in total.